The lowest BCUT2D eigenvalue weighted by Gasteiger charge is -2.27. The number of alkyl halides is 2. The Labute approximate surface area is 223 Å². The van der Waals surface area contributed by atoms with Crippen molar-refractivity contribution in [3.63, 3.8) is 0 Å². The molecule has 0 spiro atoms. The number of hydrogen-bond acceptors (Lipinski definition) is 5. The van der Waals surface area contributed by atoms with Crippen LogP contribution in [0.4, 0.5) is 36.1 Å². The van der Waals surface area contributed by atoms with Crippen molar-refractivity contribution >= 4 is 41.1 Å². The summed E-state index contributed by atoms with van der Waals surface area (Å²) in [5, 5.41) is 5.18. The summed E-state index contributed by atoms with van der Waals surface area (Å²) < 4.78 is 44.3. The lowest BCUT2D eigenvalue weighted by molar-refractivity contribution is -0.143. The van der Waals surface area contributed by atoms with Gasteiger partial charge in [0.25, 0.3) is 17.4 Å². The van der Waals surface area contributed by atoms with E-state index in [4.69, 9.17) is 5.73 Å². The van der Waals surface area contributed by atoms with Crippen LogP contribution in [-0.2, 0) is 22.6 Å². The fourth-order valence-corrected chi connectivity index (χ4v) is 3.78. The molecule has 0 atom stereocenters. The first-order valence-corrected chi connectivity index (χ1v) is 11.9. The van der Waals surface area contributed by atoms with Crippen molar-refractivity contribution < 1.29 is 27.6 Å². The third-order valence-electron chi connectivity index (χ3n) is 5.76. The molecule has 9 nitrogen and oxygen atoms in total. The Balaban J connectivity index is 0.00000260. The number of hydrogen-bond donors (Lipinski definition) is 3. The van der Waals surface area contributed by atoms with E-state index in [1.807, 2.05) is 13.8 Å². The molecule has 2 aromatic carbocycles. The first-order chi connectivity index (χ1) is 18.3. The molecule has 0 aliphatic rings. The number of benzene rings is 2. The van der Waals surface area contributed by atoms with E-state index < -0.39 is 34.7 Å². The molecular weight excluding hydrogens is 515 g/mol. The Hall–Kier alpha value is -4.61. The molecule has 4 N–H and O–H groups in total. The maximum Gasteiger partial charge on any atom is 0.349 e. The third-order valence-corrected chi connectivity index (χ3v) is 5.76. The van der Waals surface area contributed by atoms with Crippen LogP contribution in [0.5, 0.6) is 0 Å². The molecule has 0 saturated carbocycles. The normalized spacial score (nSPS) is 10.7. The minimum Gasteiger partial charge on any atom is -0.364 e. The van der Waals surface area contributed by atoms with Crippen molar-refractivity contribution in [2.75, 3.05) is 17.3 Å². The van der Waals surface area contributed by atoms with Crippen LogP contribution >= 0.6 is 0 Å². The average Bonchev–Trinajstić information content (AvgIpc) is 2.92. The van der Waals surface area contributed by atoms with E-state index in [1.54, 1.807) is 13.0 Å². The van der Waals surface area contributed by atoms with Crippen molar-refractivity contribution in [1.82, 2.24) is 9.88 Å². The predicted molar refractivity (Wildman–Crippen MR) is 143 cm³/mol. The van der Waals surface area contributed by atoms with Crippen molar-refractivity contribution in [3.05, 3.63) is 80.9 Å². The number of halogens is 3. The van der Waals surface area contributed by atoms with Crippen LogP contribution in [0.3, 0.4) is 0 Å². The summed E-state index contributed by atoms with van der Waals surface area (Å²) in [6.07, 6.45) is 0.217. The highest BCUT2D eigenvalue weighted by molar-refractivity contribution is 6.08. The van der Waals surface area contributed by atoms with Gasteiger partial charge in [-0.2, -0.15) is 8.78 Å². The van der Waals surface area contributed by atoms with E-state index in [0.717, 1.165) is 27.7 Å². The van der Waals surface area contributed by atoms with E-state index in [2.05, 4.69) is 10.6 Å². The van der Waals surface area contributed by atoms with Crippen LogP contribution in [0, 0.1) is 19.7 Å². The molecule has 0 aliphatic carbocycles. The molecule has 0 unspecified atom stereocenters. The van der Waals surface area contributed by atoms with Gasteiger partial charge in [-0.1, -0.05) is 32.0 Å². The van der Waals surface area contributed by atoms with Crippen LogP contribution < -0.4 is 26.8 Å². The number of nitrogens with two attached hydrogens (primary N) is 1. The smallest absolute Gasteiger partial charge is 0.349 e. The largest absolute Gasteiger partial charge is 0.364 e. The van der Waals surface area contributed by atoms with Gasteiger partial charge in [0, 0.05) is 25.2 Å². The van der Waals surface area contributed by atoms with Crippen molar-refractivity contribution in [3.8, 4) is 0 Å². The highest BCUT2D eigenvalue weighted by atomic mass is 19.3. The number of aromatic nitrogens is 1. The van der Waals surface area contributed by atoms with Crippen LogP contribution in [0.15, 0.2) is 47.3 Å². The van der Waals surface area contributed by atoms with Gasteiger partial charge in [-0.15, -0.1) is 0 Å². The molecule has 3 amide bonds. The standard InChI is InChI=1S/C25H24F3N5O4.C2H6/c1-13-8-9-18(17(26)10-13)31-20-14(2)23(36)32(4)22(19(20)21(35)30-3)33(12-34)16-7-5-6-15(11-16)25(27,28)24(29)37;1-2/h5-12,31H,1-4H3,(H2,29,37)(H,30,35);1-2H3. The summed E-state index contributed by atoms with van der Waals surface area (Å²) >= 11 is 0. The first-order valence-electron chi connectivity index (χ1n) is 11.9. The molecule has 12 heteroatoms. The van der Waals surface area contributed by atoms with Gasteiger partial charge < -0.3 is 16.4 Å². The van der Waals surface area contributed by atoms with Crippen LogP contribution in [0.2, 0.25) is 0 Å². The molecule has 0 aliphatic heterocycles. The SMILES string of the molecule is CC.CNC(=O)c1c(Nc2ccc(C)cc2F)c(C)c(=O)n(C)c1N(C=O)c1cccc(C(F)(F)C(N)=O)c1. The molecule has 0 fully saturated rings. The number of carbonyl (C=O) groups excluding carboxylic acids is 3. The summed E-state index contributed by atoms with van der Waals surface area (Å²) in [5.74, 6) is -7.65. The van der Waals surface area contributed by atoms with E-state index in [-0.39, 0.29) is 40.4 Å². The Morgan fingerprint density at radius 2 is 1.74 bits per heavy atom. The Morgan fingerprint density at radius 3 is 2.28 bits per heavy atom. The summed E-state index contributed by atoms with van der Waals surface area (Å²) in [7, 11) is 2.59. The van der Waals surface area contributed by atoms with Crippen molar-refractivity contribution in [2.24, 2.45) is 12.8 Å². The maximum absolute atomic E-state index is 14.7. The molecule has 0 bridgehead atoms. The van der Waals surface area contributed by atoms with Gasteiger partial charge in [-0.25, -0.2) is 4.39 Å². The number of pyridine rings is 1. The number of aryl methyl sites for hydroxylation is 1. The predicted octanol–water partition coefficient (Wildman–Crippen LogP) is 4.14. The molecule has 3 aromatic rings. The van der Waals surface area contributed by atoms with Crippen molar-refractivity contribution in [2.45, 2.75) is 33.6 Å². The highest BCUT2D eigenvalue weighted by Gasteiger charge is 2.39. The Kier molecular flexibility index (Phi) is 9.65. The summed E-state index contributed by atoms with van der Waals surface area (Å²) in [6, 6.07) is 8.49. The number of nitrogens with zero attached hydrogens (tertiary/aromatic N) is 2. The van der Waals surface area contributed by atoms with Crippen LogP contribution in [0.1, 0.15) is 40.9 Å². The second-order valence-electron chi connectivity index (χ2n) is 8.21. The summed E-state index contributed by atoms with van der Waals surface area (Å²) in [4.78, 5) is 50.6. The van der Waals surface area contributed by atoms with Gasteiger partial charge in [0.1, 0.15) is 17.2 Å². The minimum atomic E-state index is -4.05. The summed E-state index contributed by atoms with van der Waals surface area (Å²) in [5.41, 5.74) is 3.47. The third kappa shape index (κ3) is 5.95. The van der Waals surface area contributed by atoms with E-state index in [1.165, 1.54) is 39.2 Å². The van der Waals surface area contributed by atoms with Gasteiger partial charge in [-0.3, -0.25) is 28.6 Å². The Morgan fingerprint density at radius 1 is 1.10 bits per heavy atom. The number of carbonyl (C=O) groups is 3. The molecule has 208 valence electrons. The monoisotopic (exact) mass is 545 g/mol. The number of anilines is 4. The van der Waals surface area contributed by atoms with Gasteiger partial charge in [0.05, 0.1) is 17.1 Å². The molecular formula is C27H30F3N5O4. The zero-order chi connectivity index (χ0) is 29.7. The van der Waals surface area contributed by atoms with Gasteiger partial charge in [0.2, 0.25) is 6.41 Å². The molecule has 1 aromatic heterocycles. The van der Waals surface area contributed by atoms with Gasteiger partial charge >= 0.3 is 5.92 Å². The fraction of sp³-hybridized carbons (Fsp3) is 0.259. The average molecular weight is 546 g/mol. The van der Waals surface area contributed by atoms with Gasteiger partial charge in [-0.05, 0) is 43.7 Å². The molecule has 3 rings (SSSR count). The number of amides is 3. The fourth-order valence-electron chi connectivity index (χ4n) is 3.78. The molecule has 0 radical (unpaired) electrons. The second-order valence-corrected chi connectivity index (χ2v) is 8.21. The van der Waals surface area contributed by atoms with Crippen LogP contribution in [-0.4, -0.2) is 29.8 Å². The molecule has 39 heavy (non-hydrogen) atoms. The first kappa shape index (κ1) is 30.6. The van der Waals surface area contributed by atoms with E-state index in [9.17, 15) is 32.3 Å². The van der Waals surface area contributed by atoms with E-state index >= 15 is 0 Å². The minimum absolute atomic E-state index is 0.0321. The number of primary amides is 1. The maximum atomic E-state index is 14.7. The molecule has 1 heterocycles. The number of nitrogens with one attached hydrogen (secondary N) is 2. The van der Waals surface area contributed by atoms with Gasteiger partial charge in [0.15, 0.2) is 0 Å². The van der Waals surface area contributed by atoms with Crippen molar-refractivity contribution in [1.29, 1.82) is 0 Å². The van der Waals surface area contributed by atoms with E-state index in [0.29, 0.717) is 5.56 Å². The lowest BCUT2D eigenvalue weighted by Crippen LogP contribution is -2.34. The lowest BCUT2D eigenvalue weighted by atomic mass is 10.0. The highest BCUT2D eigenvalue weighted by Crippen LogP contribution is 2.36. The second kappa shape index (κ2) is 12.3. The molecule has 0 saturated heterocycles. The quantitative estimate of drug-likeness (QED) is 0.367. The van der Waals surface area contributed by atoms with Crippen LogP contribution in [0.25, 0.3) is 0 Å². The zero-order valence-corrected chi connectivity index (χ0v) is 22.4. The summed E-state index contributed by atoms with van der Waals surface area (Å²) in [6.45, 7) is 7.09. The zero-order valence-electron chi connectivity index (χ0n) is 22.4. The topological polar surface area (TPSA) is 127 Å². The Bertz CT molecular complexity index is 1470. The number of rotatable bonds is 8.